The van der Waals surface area contributed by atoms with E-state index in [-0.39, 0.29) is 34.5 Å². The van der Waals surface area contributed by atoms with E-state index in [2.05, 4.69) is 15.5 Å². The third kappa shape index (κ3) is 5.12. The van der Waals surface area contributed by atoms with Gasteiger partial charge in [-0.15, -0.1) is 0 Å². The maximum Gasteiger partial charge on any atom is 0.276 e. The normalized spacial score (nSPS) is 11.2. The Morgan fingerprint density at radius 1 is 0.973 bits per heavy atom. The van der Waals surface area contributed by atoms with Gasteiger partial charge < -0.3 is 10.1 Å². The van der Waals surface area contributed by atoms with Crippen LogP contribution in [0, 0.1) is 42.9 Å². The fraction of sp³-hybridized carbons (Fsp3) is 0.174. The predicted octanol–water partition coefficient (Wildman–Crippen LogP) is 6.04. The number of hydrogen-bond donors (Lipinski definition) is 1. The predicted molar refractivity (Wildman–Crippen MR) is 124 cm³/mol. The lowest BCUT2D eigenvalue weighted by Crippen LogP contribution is -2.16. The second-order valence-corrected chi connectivity index (χ2v) is 8.56. The lowest BCUT2D eigenvalue weighted by Gasteiger charge is -2.10. The number of nitrogens with one attached hydrogen (secondary N) is 1. The van der Waals surface area contributed by atoms with Crippen LogP contribution >= 0.6 is 23.2 Å². The molecule has 2 aromatic carbocycles. The highest BCUT2D eigenvalue weighted by atomic mass is 35.5. The van der Waals surface area contributed by atoms with Crippen LogP contribution in [0.15, 0.2) is 30.5 Å². The van der Waals surface area contributed by atoms with Gasteiger partial charge in [0.2, 0.25) is 5.82 Å². The first-order valence-electron chi connectivity index (χ1n) is 10.5. The summed E-state index contributed by atoms with van der Waals surface area (Å²) >= 11 is 12.0. The Hall–Kier alpha value is -3.64. The van der Waals surface area contributed by atoms with Crippen LogP contribution in [-0.2, 0) is 13.3 Å². The number of aromatic nitrogens is 4. The highest BCUT2D eigenvalue weighted by molar-refractivity contribution is 6.42. The van der Waals surface area contributed by atoms with Gasteiger partial charge in [0.1, 0.15) is 10.8 Å². The zero-order valence-electron chi connectivity index (χ0n) is 19.1. The first-order chi connectivity index (χ1) is 17.5. The summed E-state index contributed by atoms with van der Waals surface area (Å²) in [6.07, 6.45) is 1.49. The summed E-state index contributed by atoms with van der Waals surface area (Å²) in [7, 11) is 0. The molecule has 0 saturated carbocycles. The number of halogens is 7. The van der Waals surface area contributed by atoms with Crippen LogP contribution in [-0.4, -0.2) is 25.5 Å². The van der Waals surface area contributed by atoms with Crippen molar-refractivity contribution in [1.82, 2.24) is 19.6 Å². The van der Waals surface area contributed by atoms with E-state index in [0.717, 1.165) is 4.68 Å². The van der Waals surface area contributed by atoms with Crippen LogP contribution in [0.4, 0.5) is 27.6 Å². The fourth-order valence-corrected chi connectivity index (χ4v) is 3.78. The van der Waals surface area contributed by atoms with Gasteiger partial charge in [0, 0.05) is 6.20 Å². The molecule has 14 heteroatoms. The topological polar surface area (TPSA) is 74.0 Å². The van der Waals surface area contributed by atoms with Crippen LogP contribution in [0.2, 0.25) is 10.0 Å². The summed E-state index contributed by atoms with van der Waals surface area (Å²) in [6, 6.07) is 6.29. The molecule has 2 aromatic heterocycles. The smallest absolute Gasteiger partial charge is 0.276 e. The van der Waals surface area contributed by atoms with E-state index < -0.39 is 47.1 Å². The SMILES string of the molecule is Cc1nn(Cc2c(F)c(F)c(F)c(F)c2F)c(C)c1NC(=O)c1ccn(COc2cccc(Cl)c2Cl)n1. The molecule has 0 aliphatic carbocycles. The van der Waals surface area contributed by atoms with E-state index in [1.165, 1.54) is 30.8 Å². The summed E-state index contributed by atoms with van der Waals surface area (Å²) in [5, 5.41) is 11.3. The number of benzene rings is 2. The molecule has 0 radical (unpaired) electrons. The molecular weight excluding hydrogens is 544 g/mol. The van der Waals surface area contributed by atoms with Crippen molar-refractivity contribution in [3.8, 4) is 5.75 Å². The van der Waals surface area contributed by atoms with E-state index >= 15 is 0 Å². The molecule has 4 rings (SSSR count). The van der Waals surface area contributed by atoms with Crippen molar-refractivity contribution in [2.24, 2.45) is 0 Å². The van der Waals surface area contributed by atoms with Gasteiger partial charge in [-0.25, -0.2) is 26.6 Å². The summed E-state index contributed by atoms with van der Waals surface area (Å²) in [6.45, 7) is 2.12. The van der Waals surface area contributed by atoms with Gasteiger partial charge in [-0.3, -0.25) is 9.48 Å². The molecule has 0 spiro atoms. The molecule has 2 heterocycles. The van der Waals surface area contributed by atoms with Crippen molar-refractivity contribution in [3.63, 3.8) is 0 Å². The van der Waals surface area contributed by atoms with Crippen LogP contribution < -0.4 is 10.1 Å². The van der Waals surface area contributed by atoms with Crippen LogP contribution in [0.3, 0.4) is 0 Å². The molecule has 7 nitrogen and oxygen atoms in total. The Morgan fingerprint density at radius 3 is 2.30 bits per heavy atom. The van der Waals surface area contributed by atoms with Gasteiger partial charge in [0.25, 0.3) is 5.91 Å². The van der Waals surface area contributed by atoms with E-state index in [1.807, 2.05) is 0 Å². The highest BCUT2D eigenvalue weighted by Gasteiger charge is 2.27. The van der Waals surface area contributed by atoms with E-state index in [9.17, 15) is 26.7 Å². The summed E-state index contributed by atoms with van der Waals surface area (Å²) in [4.78, 5) is 12.7. The number of rotatable bonds is 7. The Labute approximate surface area is 216 Å². The molecule has 0 bridgehead atoms. The van der Waals surface area contributed by atoms with E-state index in [0.29, 0.717) is 10.8 Å². The first-order valence-corrected chi connectivity index (χ1v) is 11.2. The Bertz CT molecular complexity index is 1490. The van der Waals surface area contributed by atoms with Gasteiger partial charge in [0.05, 0.1) is 34.2 Å². The summed E-state index contributed by atoms with van der Waals surface area (Å²) in [5.41, 5.74) is -0.405. The Morgan fingerprint density at radius 2 is 1.62 bits per heavy atom. The zero-order valence-corrected chi connectivity index (χ0v) is 20.6. The Kier molecular flexibility index (Phi) is 7.42. The second-order valence-electron chi connectivity index (χ2n) is 7.77. The van der Waals surface area contributed by atoms with Gasteiger partial charge in [0.15, 0.2) is 35.7 Å². The largest absolute Gasteiger partial charge is 0.470 e. The zero-order chi connectivity index (χ0) is 27.0. The standard InChI is InChI=1S/C23H16Cl2F5N5O2/c1-10-22(11(2)35(32-10)8-12-17(26)19(28)21(30)20(29)18(12)27)31-23(36)14-6-7-34(33-14)9-37-15-5-3-4-13(24)16(15)25/h3-7H,8-9H2,1-2H3,(H,31,36). The number of anilines is 1. The summed E-state index contributed by atoms with van der Waals surface area (Å²) in [5.74, 6) is -10.6. The molecule has 0 aliphatic heterocycles. The number of carbonyl (C=O) groups is 1. The van der Waals surface area contributed by atoms with Crippen LogP contribution in [0.5, 0.6) is 5.75 Å². The molecule has 4 aromatic rings. The molecule has 0 atom stereocenters. The monoisotopic (exact) mass is 559 g/mol. The van der Waals surface area contributed by atoms with Crippen molar-refractivity contribution >= 4 is 34.8 Å². The number of nitrogens with zero attached hydrogens (tertiary/aromatic N) is 4. The highest BCUT2D eigenvalue weighted by Crippen LogP contribution is 2.31. The Balaban J connectivity index is 1.49. The minimum atomic E-state index is -2.25. The number of aryl methyl sites for hydroxylation is 1. The van der Waals surface area contributed by atoms with Gasteiger partial charge in [-0.1, -0.05) is 29.3 Å². The number of hydrogen-bond acceptors (Lipinski definition) is 4. The van der Waals surface area contributed by atoms with Crippen molar-refractivity contribution in [2.45, 2.75) is 27.1 Å². The van der Waals surface area contributed by atoms with Crippen molar-refractivity contribution in [3.05, 3.63) is 92.2 Å². The minimum absolute atomic E-state index is 0.00658. The number of ether oxygens (including phenoxy) is 1. The molecule has 0 unspecified atom stereocenters. The van der Waals surface area contributed by atoms with Crippen LogP contribution in [0.25, 0.3) is 0 Å². The maximum atomic E-state index is 14.1. The third-order valence-electron chi connectivity index (χ3n) is 5.37. The number of amides is 1. The van der Waals surface area contributed by atoms with E-state index in [4.69, 9.17) is 27.9 Å². The van der Waals surface area contributed by atoms with Crippen molar-refractivity contribution < 1.29 is 31.5 Å². The summed E-state index contributed by atoms with van der Waals surface area (Å²) < 4.78 is 76.6. The minimum Gasteiger partial charge on any atom is -0.470 e. The lowest BCUT2D eigenvalue weighted by molar-refractivity contribution is 0.102. The quantitative estimate of drug-likeness (QED) is 0.170. The molecular formula is C23H16Cl2F5N5O2. The first kappa shape index (κ1) is 26.4. The van der Waals surface area contributed by atoms with Gasteiger partial charge in [-0.05, 0) is 32.0 Å². The lowest BCUT2D eigenvalue weighted by atomic mass is 10.1. The number of carbonyl (C=O) groups excluding carboxylic acids is 1. The molecule has 1 N–H and O–H groups in total. The average Bonchev–Trinajstić information content (AvgIpc) is 3.45. The second kappa shape index (κ2) is 10.4. The molecule has 0 saturated heterocycles. The third-order valence-corrected chi connectivity index (χ3v) is 6.17. The molecule has 0 aliphatic rings. The average molecular weight is 560 g/mol. The molecule has 0 fully saturated rings. The fourth-order valence-electron chi connectivity index (χ4n) is 3.43. The van der Waals surface area contributed by atoms with Crippen LogP contribution in [0.1, 0.15) is 27.4 Å². The van der Waals surface area contributed by atoms with Gasteiger partial charge >= 0.3 is 0 Å². The van der Waals surface area contributed by atoms with E-state index in [1.54, 1.807) is 18.2 Å². The van der Waals surface area contributed by atoms with Gasteiger partial charge in [-0.2, -0.15) is 10.2 Å². The molecule has 37 heavy (non-hydrogen) atoms. The van der Waals surface area contributed by atoms with Crippen molar-refractivity contribution in [2.75, 3.05) is 5.32 Å². The van der Waals surface area contributed by atoms with Crippen molar-refractivity contribution in [1.29, 1.82) is 0 Å². The maximum absolute atomic E-state index is 14.1. The molecule has 1 amide bonds. The molecule has 194 valence electrons.